The lowest BCUT2D eigenvalue weighted by molar-refractivity contribution is -0.119. The molecule has 0 spiro atoms. The van der Waals surface area contributed by atoms with Gasteiger partial charge in [0.2, 0.25) is 0 Å². The minimum atomic E-state index is -5.40. The molecule has 2 aliphatic carbocycles. The van der Waals surface area contributed by atoms with Crippen LogP contribution in [0.5, 0.6) is 0 Å². The van der Waals surface area contributed by atoms with Gasteiger partial charge in [-0.05, 0) is 37.8 Å². The highest BCUT2D eigenvalue weighted by Gasteiger charge is 2.47. The van der Waals surface area contributed by atoms with Crippen LogP contribution in [0.25, 0.3) is 0 Å². The van der Waals surface area contributed by atoms with Gasteiger partial charge in [0.05, 0.1) is 6.61 Å². The molecule has 0 radical (unpaired) electrons. The lowest BCUT2D eigenvalue weighted by Gasteiger charge is -2.21. The molecule has 0 saturated heterocycles. The van der Waals surface area contributed by atoms with Crippen molar-refractivity contribution in [1.29, 1.82) is 0 Å². The first-order valence-corrected chi connectivity index (χ1v) is 10.3. The summed E-state index contributed by atoms with van der Waals surface area (Å²) < 4.78 is 60.7. The smallest absolute Gasteiger partial charge is 0.294 e. The normalized spacial score (nSPS) is 23.5. The van der Waals surface area contributed by atoms with Crippen LogP contribution < -0.4 is 0 Å². The summed E-state index contributed by atoms with van der Waals surface area (Å²) in [4.78, 5) is 10.7. The van der Waals surface area contributed by atoms with Gasteiger partial charge in [-0.25, -0.2) is 0 Å². The number of hydrogen-bond donors (Lipinski definition) is 0. The van der Waals surface area contributed by atoms with Crippen LogP contribution in [0.4, 0.5) is 13.2 Å². The molecular formula is C15H26F3O4S2+. The number of carbonyl (C=O) groups is 1. The second kappa shape index (κ2) is 10.0. The molecule has 0 aliphatic heterocycles. The second-order valence-electron chi connectivity index (χ2n) is 6.28. The number of carbonyl (C=O) groups excluding carboxylic acids is 1. The van der Waals surface area contributed by atoms with Crippen LogP contribution in [0, 0.1) is 5.92 Å². The van der Waals surface area contributed by atoms with Crippen LogP contribution >= 0.6 is 0 Å². The minimum Gasteiger partial charge on any atom is -0.294 e. The highest BCUT2D eigenvalue weighted by Crippen LogP contribution is 2.28. The predicted octanol–water partition coefficient (Wildman–Crippen LogP) is 3.33. The quantitative estimate of drug-likeness (QED) is 0.419. The third kappa shape index (κ3) is 7.74. The predicted molar refractivity (Wildman–Crippen MR) is 89.5 cm³/mol. The molecule has 2 saturated carbocycles. The monoisotopic (exact) mass is 391 g/mol. The number of rotatable bonds is 4. The second-order valence-corrected chi connectivity index (χ2v) is 8.58. The molecule has 0 aromatic rings. The van der Waals surface area contributed by atoms with Gasteiger partial charge in [-0.2, -0.15) is 21.6 Å². The Balaban J connectivity index is 0.000000300. The molecule has 0 N–H and O–H groups in total. The molecule has 4 nitrogen and oxygen atoms in total. The molecule has 2 fully saturated rings. The van der Waals surface area contributed by atoms with E-state index in [0.717, 1.165) is 51.4 Å². The molecule has 142 valence electrons. The Kier molecular flexibility index (Phi) is 9.08. The van der Waals surface area contributed by atoms with Crippen molar-refractivity contribution in [3.63, 3.8) is 0 Å². The first kappa shape index (κ1) is 21.8. The number of alkyl halides is 3. The van der Waals surface area contributed by atoms with E-state index in [1.165, 1.54) is 6.42 Å². The molecule has 9 heteroatoms. The van der Waals surface area contributed by atoms with Crippen molar-refractivity contribution in [3.8, 4) is 0 Å². The summed E-state index contributed by atoms with van der Waals surface area (Å²) in [5.41, 5.74) is -5.31. The van der Waals surface area contributed by atoms with Gasteiger partial charge in [0, 0.05) is 12.8 Å². The Hall–Kier alpha value is -0.280. The zero-order chi connectivity index (χ0) is 18.2. The minimum absolute atomic E-state index is 0.170. The molecule has 0 heterocycles. The van der Waals surface area contributed by atoms with Gasteiger partial charge in [-0.3, -0.25) is 8.98 Å². The lowest BCUT2D eigenvalue weighted by atomic mass is 9.87. The van der Waals surface area contributed by atoms with Gasteiger partial charge >= 0.3 is 15.6 Å². The van der Waals surface area contributed by atoms with Crippen LogP contribution in [-0.2, 0) is 31.7 Å². The fourth-order valence-electron chi connectivity index (χ4n) is 2.85. The van der Waals surface area contributed by atoms with Crippen molar-refractivity contribution in [2.45, 2.75) is 75.0 Å². The molecule has 0 aromatic carbocycles. The summed E-state index contributed by atoms with van der Waals surface area (Å²) in [6, 6.07) is 0. The molecule has 24 heavy (non-hydrogen) atoms. The van der Waals surface area contributed by atoms with Crippen LogP contribution in [0.3, 0.4) is 0 Å². The van der Waals surface area contributed by atoms with E-state index in [-0.39, 0.29) is 11.9 Å². The number of hydrogen-bond acceptors (Lipinski definition) is 4. The average molecular weight is 391 g/mol. The molecule has 0 bridgehead atoms. The largest absolute Gasteiger partial charge is 0.523 e. The van der Waals surface area contributed by atoms with Crippen molar-refractivity contribution < 1.29 is 30.6 Å². The van der Waals surface area contributed by atoms with Gasteiger partial charge in [-0.15, -0.1) is 0 Å². The Morgan fingerprint density at radius 3 is 2.08 bits per heavy atom. The van der Waals surface area contributed by atoms with E-state index in [9.17, 15) is 26.4 Å². The molecule has 2 rings (SSSR count). The average Bonchev–Trinajstić information content (AvgIpc) is 2.51. The van der Waals surface area contributed by atoms with Gasteiger partial charge in [0.25, 0.3) is 0 Å². The zero-order valence-electron chi connectivity index (χ0n) is 13.6. The van der Waals surface area contributed by atoms with E-state index in [1.807, 2.05) is 0 Å². The fraction of sp³-hybridized carbons (Fsp3) is 0.933. The van der Waals surface area contributed by atoms with Crippen molar-refractivity contribution in [3.05, 3.63) is 0 Å². The van der Waals surface area contributed by atoms with Crippen molar-refractivity contribution in [2.24, 2.45) is 5.92 Å². The summed E-state index contributed by atoms with van der Waals surface area (Å²) in [5, 5.41) is 0.170. The topological polar surface area (TPSA) is 60.4 Å². The van der Waals surface area contributed by atoms with Crippen molar-refractivity contribution >= 4 is 28.5 Å². The van der Waals surface area contributed by atoms with Crippen LogP contribution in [-0.4, -0.2) is 31.6 Å². The number of ketones is 1. The molecular weight excluding hydrogens is 365 g/mol. The summed E-state index contributed by atoms with van der Waals surface area (Å²) in [5.74, 6) is 0.685. The highest BCUT2D eigenvalue weighted by molar-refractivity contribution is 7.87. The van der Waals surface area contributed by atoms with Crippen LogP contribution in [0.1, 0.15) is 64.2 Å². The van der Waals surface area contributed by atoms with E-state index in [2.05, 4.69) is 16.8 Å². The van der Waals surface area contributed by atoms with Crippen molar-refractivity contribution in [2.75, 3.05) is 6.61 Å². The third-order valence-corrected chi connectivity index (χ3v) is 5.98. The maximum atomic E-state index is 11.9. The maximum Gasteiger partial charge on any atom is 0.523 e. The van der Waals surface area contributed by atoms with E-state index in [1.54, 1.807) is 0 Å². The van der Waals surface area contributed by atoms with Gasteiger partial charge in [0.15, 0.2) is 11.0 Å². The summed E-state index contributed by atoms with van der Waals surface area (Å²) in [6.45, 7) is -0.369. The van der Waals surface area contributed by atoms with Crippen molar-refractivity contribution in [1.82, 2.24) is 0 Å². The maximum absolute atomic E-state index is 11.9. The first-order chi connectivity index (χ1) is 11.1. The fourth-order valence-corrected chi connectivity index (χ4v) is 3.65. The van der Waals surface area contributed by atoms with Crippen LogP contribution in [0.15, 0.2) is 0 Å². The molecule has 0 amide bonds. The Morgan fingerprint density at radius 1 is 1.04 bits per heavy atom. The van der Waals surface area contributed by atoms with E-state index in [0.29, 0.717) is 18.1 Å². The van der Waals surface area contributed by atoms with E-state index < -0.39 is 15.6 Å². The third-order valence-electron chi connectivity index (χ3n) is 4.33. The van der Waals surface area contributed by atoms with Gasteiger partial charge in [0.1, 0.15) is 0 Å². The Bertz CT molecular complexity index is 485. The molecule has 1 atom stereocenters. The van der Waals surface area contributed by atoms with E-state index >= 15 is 0 Å². The van der Waals surface area contributed by atoms with E-state index in [4.69, 9.17) is 0 Å². The first-order valence-electron chi connectivity index (χ1n) is 8.33. The number of Topliss-reactive ketones (excluding diaryl/α,β-unsaturated/α-hetero) is 1. The molecule has 0 aromatic heterocycles. The summed E-state index contributed by atoms with van der Waals surface area (Å²) in [6.07, 6.45) is 9.70. The van der Waals surface area contributed by atoms with Gasteiger partial charge < -0.3 is 0 Å². The number of halogens is 3. The van der Waals surface area contributed by atoms with Crippen LogP contribution in [0.2, 0.25) is 0 Å². The molecule has 1 unspecified atom stereocenters. The lowest BCUT2D eigenvalue weighted by Crippen LogP contribution is -2.26. The summed E-state index contributed by atoms with van der Waals surface area (Å²) >= 11 is 3.35. The molecule has 2 aliphatic rings. The Labute approximate surface area is 147 Å². The van der Waals surface area contributed by atoms with Gasteiger partial charge in [-0.1, -0.05) is 32.1 Å². The zero-order valence-corrected chi connectivity index (χ0v) is 15.4. The summed E-state index contributed by atoms with van der Waals surface area (Å²) in [7, 11) is -5.40. The Morgan fingerprint density at radius 2 is 1.62 bits per heavy atom. The SMILES string of the molecule is O=C1CCCCC1[SH2+].O=S(=O)(OCCC1CCCCC1)C(F)(F)F. The highest BCUT2D eigenvalue weighted by atomic mass is 32.2. The standard InChI is InChI=1S/C9H15F3O3S.C6H10OS/c10-9(11,12)16(13,14)15-7-6-8-4-2-1-3-5-8;7-5-3-1-2-4-6(5)8/h8H,1-7H2;6,8H,1-4H2/p+1.